The van der Waals surface area contributed by atoms with Gasteiger partial charge < -0.3 is 13.0 Å². The van der Waals surface area contributed by atoms with Crippen molar-refractivity contribution in [3.05, 3.63) is 0 Å². The van der Waals surface area contributed by atoms with Gasteiger partial charge in [0.05, 0.1) is 6.10 Å². The van der Waals surface area contributed by atoms with Gasteiger partial charge in [0.1, 0.15) is 0 Å². The molecule has 5 heteroatoms. The van der Waals surface area contributed by atoms with Crippen LogP contribution in [-0.2, 0) is 13.0 Å². The highest BCUT2D eigenvalue weighted by atomic mass is 28.5. The highest BCUT2D eigenvalue weighted by Gasteiger charge is 2.37. The van der Waals surface area contributed by atoms with Gasteiger partial charge in [-0.05, 0) is 46.0 Å². The first-order valence-electron chi connectivity index (χ1n) is 7.74. The van der Waals surface area contributed by atoms with E-state index in [4.69, 9.17) is 13.0 Å². The molecule has 0 fully saturated rings. The molecule has 0 spiro atoms. The number of hydrogen-bond acceptors (Lipinski definition) is 3. The van der Waals surface area contributed by atoms with Gasteiger partial charge >= 0.3 is 17.1 Å². The molecule has 0 aromatic rings. The first-order valence-corrected chi connectivity index (χ1v) is 13.4. The molecule has 0 aliphatic heterocycles. The van der Waals surface area contributed by atoms with Crippen LogP contribution >= 0.6 is 0 Å². The average Bonchev–Trinajstić information content (AvgIpc) is 2.31. The summed E-state index contributed by atoms with van der Waals surface area (Å²) in [5.41, 5.74) is 0. The molecule has 0 bridgehead atoms. The lowest BCUT2D eigenvalue weighted by atomic mass is 10.2. The third kappa shape index (κ3) is 9.73. The van der Waals surface area contributed by atoms with E-state index in [2.05, 4.69) is 51.9 Å². The fourth-order valence-corrected chi connectivity index (χ4v) is 8.97. The minimum atomic E-state index is -2.16. The zero-order chi connectivity index (χ0) is 15.6. The van der Waals surface area contributed by atoms with Gasteiger partial charge in [-0.25, -0.2) is 0 Å². The van der Waals surface area contributed by atoms with Gasteiger partial charge in [-0.15, -0.1) is 11.8 Å². The summed E-state index contributed by atoms with van der Waals surface area (Å²) in [6.45, 7) is 15.3. The summed E-state index contributed by atoms with van der Waals surface area (Å²) in [5.74, 6) is 6.40. The Bertz CT molecular complexity index is 319. The highest BCUT2D eigenvalue weighted by molar-refractivity contribution is 6.78. The van der Waals surface area contributed by atoms with E-state index in [1.54, 1.807) is 0 Å². The van der Waals surface area contributed by atoms with E-state index in [0.717, 1.165) is 25.7 Å². The summed E-state index contributed by atoms with van der Waals surface area (Å²) in [7, 11) is -4.22. The molecule has 1 unspecified atom stereocenters. The molecule has 0 amide bonds. The second-order valence-corrected chi connectivity index (χ2v) is 12.7. The molecule has 0 aliphatic rings. The van der Waals surface area contributed by atoms with Crippen molar-refractivity contribution in [1.29, 1.82) is 0 Å². The molecular weight excluding hydrogens is 284 g/mol. The van der Waals surface area contributed by atoms with Crippen molar-refractivity contribution in [2.24, 2.45) is 0 Å². The van der Waals surface area contributed by atoms with E-state index >= 15 is 0 Å². The summed E-state index contributed by atoms with van der Waals surface area (Å²) >= 11 is 0. The second-order valence-electron chi connectivity index (χ2n) is 5.79. The standard InChI is InChI=1S/C15H32O3Si2/c1-8-11-12-13-14-15(9-2)17-20(6,7)18-19(4,5)16-10-3/h15H,8-11,14H2,1-7H3. The van der Waals surface area contributed by atoms with E-state index in [0.29, 0.717) is 6.61 Å². The minimum Gasteiger partial charge on any atom is -0.415 e. The molecule has 0 N–H and O–H groups in total. The Balaban J connectivity index is 4.43. The molecule has 1 atom stereocenters. The molecule has 3 nitrogen and oxygen atoms in total. The first-order chi connectivity index (χ1) is 9.26. The predicted molar refractivity (Wildman–Crippen MR) is 90.1 cm³/mol. The Hall–Kier alpha value is -0.126. The Morgan fingerprint density at radius 2 is 1.60 bits per heavy atom. The van der Waals surface area contributed by atoms with Gasteiger partial charge in [0, 0.05) is 19.4 Å². The second kappa shape index (κ2) is 9.75. The lowest BCUT2D eigenvalue weighted by molar-refractivity contribution is 0.141. The monoisotopic (exact) mass is 316 g/mol. The summed E-state index contributed by atoms with van der Waals surface area (Å²) in [4.78, 5) is 0. The van der Waals surface area contributed by atoms with Crippen molar-refractivity contribution in [3.8, 4) is 11.8 Å². The van der Waals surface area contributed by atoms with Gasteiger partial charge in [-0.3, -0.25) is 0 Å². The topological polar surface area (TPSA) is 27.7 Å². The van der Waals surface area contributed by atoms with Crippen LogP contribution in [0.3, 0.4) is 0 Å². The Labute approximate surface area is 127 Å². The third-order valence-corrected chi connectivity index (χ3v) is 8.54. The molecule has 0 heterocycles. The van der Waals surface area contributed by atoms with Gasteiger partial charge in [0.2, 0.25) is 0 Å². The van der Waals surface area contributed by atoms with E-state index < -0.39 is 17.1 Å². The van der Waals surface area contributed by atoms with Crippen molar-refractivity contribution in [2.75, 3.05) is 6.61 Å². The molecule has 118 valence electrons. The zero-order valence-electron chi connectivity index (χ0n) is 14.3. The van der Waals surface area contributed by atoms with E-state index in [9.17, 15) is 0 Å². The first kappa shape index (κ1) is 19.9. The summed E-state index contributed by atoms with van der Waals surface area (Å²) in [6.07, 6.45) is 4.03. The normalized spacial score (nSPS) is 13.8. The molecular formula is C15H32O3Si2. The van der Waals surface area contributed by atoms with E-state index in [1.807, 2.05) is 6.92 Å². The van der Waals surface area contributed by atoms with E-state index in [-0.39, 0.29) is 6.10 Å². The quantitative estimate of drug-likeness (QED) is 0.465. The molecule has 20 heavy (non-hydrogen) atoms. The smallest absolute Gasteiger partial charge is 0.323 e. The number of rotatable bonds is 9. The largest absolute Gasteiger partial charge is 0.415 e. The summed E-state index contributed by atoms with van der Waals surface area (Å²) in [6, 6.07) is 0. The minimum absolute atomic E-state index is 0.174. The average molecular weight is 317 g/mol. The predicted octanol–water partition coefficient (Wildman–Crippen LogP) is 4.43. The Morgan fingerprint density at radius 3 is 2.10 bits per heavy atom. The highest BCUT2D eigenvalue weighted by Crippen LogP contribution is 2.20. The van der Waals surface area contributed by atoms with Gasteiger partial charge in [0.25, 0.3) is 0 Å². The number of hydrogen-bond donors (Lipinski definition) is 0. The fraction of sp³-hybridized carbons (Fsp3) is 0.867. The lowest BCUT2D eigenvalue weighted by Gasteiger charge is -2.34. The maximum absolute atomic E-state index is 6.22. The van der Waals surface area contributed by atoms with E-state index in [1.165, 1.54) is 0 Å². The van der Waals surface area contributed by atoms with Crippen LogP contribution in [0, 0.1) is 11.8 Å². The van der Waals surface area contributed by atoms with Crippen LogP contribution in [-0.4, -0.2) is 29.8 Å². The van der Waals surface area contributed by atoms with Crippen molar-refractivity contribution >= 4 is 17.1 Å². The molecule has 0 aliphatic carbocycles. The summed E-state index contributed by atoms with van der Waals surface area (Å²) in [5, 5.41) is 0. The molecule has 0 saturated carbocycles. The van der Waals surface area contributed by atoms with Crippen LogP contribution in [0.5, 0.6) is 0 Å². The molecule has 0 rings (SSSR count). The maximum Gasteiger partial charge on any atom is 0.323 e. The Kier molecular flexibility index (Phi) is 9.68. The van der Waals surface area contributed by atoms with Crippen LogP contribution in [0.2, 0.25) is 26.2 Å². The summed E-state index contributed by atoms with van der Waals surface area (Å²) < 4.78 is 18.2. The molecule has 0 radical (unpaired) electrons. The van der Waals surface area contributed by atoms with Crippen LogP contribution < -0.4 is 0 Å². The van der Waals surface area contributed by atoms with Gasteiger partial charge in [0.15, 0.2) is 0 Å². The molecule has 0 aromatic carbocycles. The fourth-order valence-electron chi connectivity index (χ4n) is 2.06. The van der Waals surface area contributed by atoms with Crippen molar-refractivity contribution in [3.63, 3.8) is 0 Å². The molecule has 0 saturated heterocycles. The van der Waals surface area contributed by atoms with Gasteiger partial charge in [-0.2, -0.15) is 0 Å². The lowest BCUT2D eigenvalue weighted by Crippen LogP contribution is -2.50. The Morgan fingerprint density at radius 1 is 0.950 bits per heavy atom. The van der Waals surface area contributed by atoms with Crippen LogP contribution in [0.4, 0.5) is 0 Å². The molecule has 0 aromatic heterocycles. The maximum atomic E-state index is 6.22. The van der Waals surface area contributed by atoms with Crippen molar-refractivity contribution in [2.45, 2.75) is 78.7 Å². The van der Waals surface area contributed by atoms with Crippen molar-refractivity contribution in [1.82, 2.24) is 0 Å². The number of unbranched alkanes of at least 4 members (excludes halogenated alkanes) is 1. The van der Waals surface area contributed by atoms with Crippen molar-refractivity contribution < 1.29 is 13.0 Å². The van der Waals surface area contributed by atoms with Gasteiger partial charge in [-0.1, -0.05) is 13.8 Å². The van der Waals surface area contributed by atoms with Crippen LogP contribution in [0.15, 0.2) is 0 Å². The third-order valence-electron chi connectivity index (χ3n) is 2.72. The zero-order valence-corrected chi connectivity index (χ0v) is 16.3. The van der Waals surface area contributed by atoms with Crippen LogP contribution in [0.25, 0.3) is 0 Å². The van der Waals surface area contributed by atoms with Crippen LogP contribution in [0.1, 0.15) is 46.5 Å². The SMILES string of the molecule is CCCC#CCC(CC)O[Si](C)(C)O[Si](C)(C)OCC.